The number of fused-ring (bicyclic) bond motifs is 3. The van der Waals surface area contributed by atoms with Crippen molar-refractivity contribution in [2.45, 2.75) is 32.6 Å². The van der Waals surface area contributed by atoms with Crippen molar-refractivity contribution in [1.82, 2.24) is 0 Å². The average Bonchev–Trinajstić information content (AvgIpc) is 2.68. The molecule has 0 heterocycles. The molecule has 0 amide bonds. The number of rotatable bonds is 3. The molecule has 0 radical (unpaired) electrons. The highest BCUT2D eigenvalue weighted by molar-refractivity contribution is 5.77. The summed E-state index contributed by atoms with van der Waals surface area (Å²) in [5.74, 6) is -0.648. The highest BCUT2D eigenvalue weighted by atomic mass is 19.1. The lowest BCUT2D eigenvalue weighted by molar-refractivity contribution is 0.606. The van der Waals surface area contributed by atoms with E-state index in [0.717, 1.165) is 59.1 Å². The van der Waals surface area contributed by atoms with Crippen molar-refractivity contribution in [3.8, 4) is 28.3 Å². The Morgan fingerprint density at radius 3 is 2.26 bits per heavy atom. The topological polar surface area (TPSA) is 23.8 Å². The van der Waals surface area contributed by atoms with Gasteiger partial charge in [0.2, 0.25) is 0 Å². The van der Waals surface area contributed by atoms with Gasteiger partial charge in [-0.05, 0) is 76.4 Å². The van der Waals surface area contributed by atoms with Crippen LogP contribution in [0.2, 0.25) is 0 Å². The van der Waals surface area contributed by atoms with Crippen LogP contribution in [-0.4, -0.2) is 0 Å². The van der Waals surface area contributed by atoms with Crippen molar-refractivity contribution in [3.05, 3.63) is 82.4 Å². The summed E-state index contributed by atoms with van der Waals surface area (Å²) in [5, 5.41) is 8.89. The van der Waals surface area contributed by atoms with E-state index in [1.165, 1.54) is 17.7 Å². The van der Waals surface area contributed by atoms with E-state index in [1.54, 1.807) is 12.1 Å². The fourth-order valence-electron chi connectivity index (χ4n) is 3.89. The summed E-state index contributed by atoms with van der Waals surface area (Å²) in [6.45, 7) is 2.06. The number of hydrogen-bond acceptors (Lipinski definition) is 1. The Kier molecular flexibility index (Phi) is 4.49. The molecule has 0 aliphatic heterocycles. The van der Waals surface area contributed by atoms with Crippen LogP contribution in [0, 0.1) is 23.0 Å². The van der Waals surface area contributed by atoms with Gasteiger partial charge in [0, 0.05) is 0 Å². The van der Waals surface area contributed by atoms with E-state index in [2.05, 4.69) is 13.0 Å². The predicted molar refractivity (Wildman–Crippen MR) is 103 cm³/mol. The van der Waals surface area contributed by atoms with E-state index in [1.807, 2.05) is 24.3 Å². The van der Waals surface area contributed by atoms with Crippen molar-refractivity contribution in [3.63, 3.8) is 0 Å². The zero-order valence-corrected chi connectivity index (χ0v) is 15.2. The Morgan fingerprint density at radius 2 is 1.56 bits per heavy atom. The normalized spacial score (nSPS) is 12.2. The van der Waals surface area contributed by atoms with Crippen LogP contribution in [0.5, 0.6) is 0 Å². The minimum absolute atomic E-state index is 0.0454. The summed E-state index contributed by atoms with van der Waals surface area (Å²) in [7, 11) is 0. The zero-order chi connectivity index (χ0) is 19.0. The molecule has 0 fully saturated rings. The maximum atomic E-state index is 14.5. The van der Waals surface area contributed by atoms with Gasteiger partial charge in [-0.1, -0.05) is 43.7 Å². The van der Waals surface area contributed by atoms with Crippen molar-refractivity contribution in [2.24, 2.45) is 0 Å². The van der Waals surface area contributed by atoms with E-state index < -0.39 is 5.82 Å². The van der Waals surface area contributed by atoms with Crippen LogP contribution in [0.1, 0.15) is 35.6 Å². The molecule has 27 heavy (non-hydrogen) atoms. The third-order valence-corrected chi connectivity index (χ3v) is 5.27. The third-order valence-electron chi connectivity index (χ3n) is 5.27. The molecule has 0 saturated heterocycles. The van der Waals surface area contributed by atoms with E-state index in [9.17, 15) is 8.78 Å². The van der Waals surface area contributed by atoms with Crippen LogP contribution >= 0.6 is 0 Å². The smallest absolute Gasteiger partial charge is 0.141 e. The van der Waals surface area contributed by atoms with Gasteiger partial charge < -0.3 is 0 Å². The molecule has 0 N–H and O–H groups in total. The minimum atomic E-state index is -0.511. The van der Waals surface area contributed by atoms with Crippen molar-refractivity contribution < 1.29 is 8.78 Å². The standard InChI is InChI=1S/C24H19F2N/c1-2-3-19-11-18-6-5-17-10-15(8-9-21(17)22(18)13-24(19)26)16-4-7-20(14-27)23(25)12-16/h4,7-13H,2-3,5-6H2,1H3. The van der Waals surface area contributed by atoms with Crippen LogP contribution in [0.4, 0.5) is 8.78 Å². The van der Waals surface area contributed by atoms with Gasteiger partial charge in [-0.3, -0.25) is 0 Å². The van der Waals surface area contributed by atoms with E-state index in [-0.39, 0.29) is 11.4 Å². The molecular weight excluding hydrogens is 340 g/mol. The van der Waals surface area contributed by atoms with Gasteiger partial charge in [0.05, 0.1) is 5.56 Å². The van der Waals surface area contributed by atoms with Crippen LogP contribution in [0.15, 0.2) is 48.5 Å². The quantitative estimate of drug-likeness (QED) is 0.544. The molecule has 3 heteroatoms. The molecule has 1 aliphatic carbocycles. The van der Waals surface area contributed by atoms with Crippen LogP contribution in [-0.2, 0) is 19.3 Å². The molecule has 0 unspecified atom stereocenters. The molecule has 0 spiro atoms. The SMILES string of the molecule is CCCc1cc2c(cc1F)-c1ccc(-c3ccc(C#N)c(F)c3)cc1CC2. The number of hydrogen-bond donors (Lipinski definition) is 0. The second-order valence-electron chi connectivity index (χ2n) is 7.03. The van der Waals surface area contributed by atoms with Gasteiger partial charge in [-0.15, -0.1) is 0 Å². The van der Waals surface area contributed by atoms with Crippen molar-refractivity contribution in [1.29, 1.82) is 5.26 Å². The summed E-state index contributed by atoms with van der Waals surface area (Å²) in [6.07, 6.45) is 3.45. The lowest BCUT2D eigenvalue weighted by atomic mass is 9.83. The molecular formula is C24H19F2N. The molecule has 3 aromatic carbocycles. The largest absolute Gasteiger partial charge is 0.207 e. The highest BCUT2D eigenvalue weighted by Gasteiger charge is 2.19. The monoisotopic (exact) mass is 359 g/mol. The fraction of sp³-hybridized carbons (Fsp3) is 0.208. The van der Waals surface area contributed by atoms with Crippen LogP contribution < -0.4 is 0 Å². The number of nitriles is 1. The third kappa shape index (κ3) is 3.13. The molecule has 1 aliphatic rings. The average molecular weight is 359 g/mol. The van der Waals surface area contributed by atoms with Gasteiger partial charge in [0.25, 0.3) is 0 Å². The molecule has 0 bridgehead atoms. The number of nitrogens with zero attached hydrogens (tertiary/aromatic N) is 1. The molecule has 0 saturated carbocycles. The summed E-state index contributed by atoms with van der Waals surface area (Å²) in [5.41, 5.74) is 6.85. The second-order valence-corrected chi connectivity index (χ2v) is 7.03. The number of halogens is 2. The molecule has 1 nitrogen and oxygen atoms in total. The summed E-state index contributed by atoms with van der Waals surface area (Å²) in [6, 6.07) is 16.2. The number of benzene rings is 3. The van der Waals surface area contributed by atoms with E-state index in [4.69, 9.17) is 5.26 Å². The molecule has 0 aromatic heterocycles. The first kappa shape index (κ1) is 17.4. The molecule has 3 aromatic rings. The minimum Gasteiger partial charge on any atom is -0.207 e. The Bertz CT molecular complexity index is 1080. The van der Waals surface area contributed by atoms with Gasteiger partial charge in [-0.2, -0.15) is 5.26 Å². The van der Waals surface area contributed by atoms with Gasteiger partial charge in [0.1, 0.15) is 17.7 Å². The summed E-state index contributed by atoms with van der Waals surface area (Å²) >= 11 is 0. The Morgan fingerprint density at radius 1 is 0.852 bits per heavy atom. The van der Waals surface area contributed by atoms with Gasteiger partial charge in [-0.25, -0.2) is 8.78 Å². The first-order valence-electron chi connectivity index (χ1n) is 9.25. The maximum Gasteiger partial charge on any atom is 0.141 e. The Hall–Kier alpha value is -2.99. The summed E-state index contributed by atoms with van der Waals surface area (Å²) < 4.78 is 28.4. The highest BCUT2D eigenvalue weighted by Crippen LogP contribution is 2.37. The van der Waals surface area contributed by atoms with Crippen LogP contribution in [0.25, 0.3) is 22.3 Å². The maximum absolute atomic E-state index is 14.5. The molecule has 4 rings (SSSR count). The first-order chi connectivity index (χ1) is 13.1. The zero-order valence-electron chi connectivity index (χ0n) is 15.2. The lowest BCUT2D eigenvalue weighted by Gasteiger charge is -2.22. The van der Waals surface area contributed by atoms with Crippen molar-refractivity contribution in [2.75, 3.05) is 0 Å². The van der Waals surface area contributed by atoms with E-state index in [0.29, 0.717) is 0 Å². The fourth-order valence-corrected chi connectivity index (χ4v) is 3.89. The predicted octanol–water partition coefficient (Wildman–Crippen LogP) is 6.22. The Balaban J connectivity index is 1.76. The molecule has 134 valence electrons. The summed E-state index contributed by atoms with van der Waals surface area (Å²) in [4.78, 5) is 0. The van der Waals surface area contributed by atoms with E-state index >= 15 is 0 Å². The number of aryl methyl sites for hydroxylation is 3. The van der Waals surface area contributed by atoms with Crippen molar-refractivity contribution >= 4 is 0 Å². The van der Waals surface area contributed by atoms with Gasteiger partial charge >= 0.3 is 0 Å². The Labute approximate surface area is 157 Å². The van der Waals surface area contributed by atoms with Crippen LogP contribution in [0.3, 0.4) is 0 Å². The lowest BCUT2D eigenvalue weighted by Crippen LogP contribution is -2.06. The molecule has 0 atom stereocenters. The first-order valence-corrected chi connectivity index (χ1v) is 9.25. The second kappa shape index (κ2) is 6.96. The van der Waals surface area contributed by atoms with Gasteiger partial charge in [0.15, 0.2) is 0 Å².